The second-order valence-corrected chi connectivity index (χ2v) is 6.13. The summed E-state index contributed by atoms with van der Waals surface area (Å²) >= 11 is 6.24. The molecule has 0 atom stereocenters. The topological polar surface area (TPSA) is 81.5 Å². The van der Waals surface area contributed by atoms with Crippen LogP contribution in [0.4, 0.5) is 0 Å². The molecular formula is C17H15ClN6O. The summed E-state index contributed by atoms with van der Waals surface area (Å²) in [4.78, 5) is 8.73. The minimum atomic E-state index is 0.389. The van der Waals surface area contributed by atoms with E-state index < -0.39 is 0 Å². The molecule has 0 saturated carbocycles. The summed E-state index contributed by atoms with van der Waals surface area (Å²) in [5, 5.41) is 13.0. The number of ether oxygens (including phenoxy) is 1. The number of H-pyrrole nitrogens is 1. The lowest BCUT2D eigenvalue weighted by atomic mass is 10.0. The molecule has 0 fully saturated rings. The van der Waals surface area contributed by atoms with Gasteiger partial charge in [0.05, 0.1) is 13.3 Å². The third kappa shape index (κ3) is 2.62. The predicted octanol–water partition coefficient (Wildman–Crippen LogP) is 3.39. The number of rotatable bonds is 3. The van der Waals surface area contributed by atoms with Crippen molar-refractivity contribution in [2.45, 2.75) is 6.92 Å². The highest BCUT2D eigenvalue weighted by molar-refractivity contribution is 6.32. The Kier molecular flexibility index (Phi) is 3.65. The molecule has 1 N–H and O–H groups in total. The molecule has 0 amide bonds. The third-order valence-corrected chi connectivity index (χ3v) is 4.21. The summed E-state index contributed by atoms with van der Waals surface area (Å²) in [6.45, 7) is 1.95. The average molecular weight is 355 g/mol. The average Bonchev–Trinajstić information content (AvgIpc) is 3.20. The van der Waals surface area contributed by atoms with Crippen molar-refractivity contribution in [3.8, 4) is 28.3 Å². The van der Waals surface area contributed by atoms with E-state index in [9.17, 15) is 0 Å². The van der Waals surface area contributed by atoms with Crippen LogP contribution in [0.2, 0.25) is 5.02 Å². The van der Waals surface area contributed by atoms with Crippen LogP contribution in [0.25, 0.3) is 33.4 Å². The van der Waals surface area contributed by atoms with E-state index >= 15 is 0 Å². The van der Waals surface area contributed by atoms with Crippen molar-refractivity contribution in [1.29, 1.82) is 0 Å². The molecule has 126 valence electrons. The molecule has 4 aromatic rings. The zero-order chi connectivity index (χ0) is 17.6. The molecule has 0 aromatic carbocycles. The normalized spacial score (nSPS) is 11.2. The molecule has 0 bridgehead atoms. The lowest BCUT2D eigenvalue weighted by molar-refractivity contribution is 0.398. The molecule has 0 saturated heterocycles. The number of methoxy groups -OCH3 is 1. The first-order valence-electron chi connectivity index (χ1n) is 7.61. The van der Waals surface area contributed by atoms with Gasteiger partial charge in [-0.05, 0) is 24.6 Å². The molecule has 8 heteroatoms. The number of nitrogens with zero attached hydrogens (tertiary/aromatic N) is 5. The number of hydrogen-bond donors (Lipinski definition) is 1. The molecular weight excluding hydrogens is 340 g/mol. The number of fused-ring (bicyclic) bond motifs is 1. The van der Waals surface area contributed by atoms with Crippen LogP contribution in [0.15, 0.2) is 30.7 Å². The summed E-state index contributed by atoms with van der Waals surface area (Å²) in [6.07, 6.45) is 5.44. The molecule has 4 rings (SSSR count). The van der Waals surface area contributed by atoms with Gasteiger partial charge in [-0.1, -0.05) is 11.6 Å². The number of aromatic nitrogens is 6. The molecule has 0 aliphatic rings. The number of halogens is 1. The zero-order valence-corrected chi connectivity index (χ0v) is 14.7. The van der Waals surface area contributed by atoms with Crippen molar-refractivity contribution in [1.82, 2.24) is 29.9 Å². The van der Waals surface area contributed by atoms with Gasteiger partial charge in [0.15, 0.2) is 5.65 Å². The van der Waals surface area contributed by atoms with Crippen LogP contribution in [0.5, 0.6) is 5.88 Å². The van der Waals surface area contributed by atoms with E-state index in [-0.39, 0.29) is 0 Å². The predicted molar refractivity (Wildman–Crippen MR) is 95.6 cm³/mol. The lowest BCUT2D eigenvalue weighted by Crippen LogP contribution is -1.92. The van der Waals surface area contributed by atoms with Crippen molar-refractivity contribution in [2.75, 3.05) is 7.11 Å². The minimum Gasteiger partial charge on any atom is -0.480 e. The van der Waals surface area contributed by atoms with Gasteiger partial charge in [0, 0.05) is 41.6 Å². The van der Waals surface area contributed by atoms with E-state index in [4.69, 9.17) is 16.3 Å². The Morgan fingerprint density at radius 2 is 2.04 bits per heavy atom. The maximum atomic E-state index is 6.24. The Hall–Kier alpha value is -2.93. The van der Waals surface area contributed by atoms with Crippen LogP contribution in [0.3, 0.4) is 0 Å². The van der Waals surface area contributed by atoms with E-state index in [1.54, 1.807) is 23.1 Å². The zero-order valence-electron chi connectivity index (χ0n) is 13.9. The lowest BCUT2D eigenvalue weighted by Gasteiger charge is -2.07. The van der Waals surface area contributed by atoms with Crippen LogP contribution in [-0.4, -0.2) is 37.1 Å². The van der Waals surface area contributed by atoms with E-state index in [0.717, 1.165) is 39.1 Å². The molecule has 0 unspecified atom stereocenters. The Labute approximate surface area is 148 Å². The van der Waals surface area contributed by atoms with Crippen molar-refractivity contribution < 1.29 is 4.74 Å². The van der Waals surface area contributed by atoms with Crippen molar-refractivity contribution in [3.63, 3.8) is 0 Å². The van der Waals surface area contributed by atoms with Crippen molar-refractivity contribution in [3.05, 3.63) is 41.4 Å². The maximum absolute atomic E-state index is 6.24. The second kappa shape index (κ2) is 5.86. The molecule has 25 heavy (non-hydrogen) atoms. The van der Waals surface area contributed by atoms with E-state index in [2.05, 4.69) is 25.3 Å². The summed E-state index contributed by atoms with van der Waals surface area (Å²) in [5.41, 5.74) is 5.21. The van der Waals surface area contributed by atoms with Gasteiger partial charge in [-0.3, -0.25) is 9.78 Å². The molecule has 0 radical (unpaired) electrons. The van der Waals surface area contributed by atoms with E-state index in [1.165, 1.54) is 7.11 Å². The fourth-order valence-corrected chi connectivity index (χ4v) is 3.13. The maximum Gasteiger partial charge on any atom is 0.232 e. The molecule has 4 aromatic heterocycles. The fraction of sp³-hybridized carbons (Fsp3) is 0.176. The Balaban J connectivity index is 1.95. The van der Waals surface area contributed by atoms with Crippen LogP contribution in [-0.2, 0) is 7.05 Å². The van der Waals surface area contributed by atoms with Gasteiger partial charge in [-0.15, -0.1) is 0 Å². The van der Waals surface area contributed by atoms with Gasteiger partial charge >= 0.3 is 0 Å². The second-order valence-electron chi connectivity index (χ2n) is 5.72. The van der Waals surface area contributed by atoms with Crippen LogP contribution in [0, 0.1) is 6.92 Å². The Morgan fingerprint density at radius 1 is 1.20 bits per heavy atom. The largest absolute Gasteiger partial charge is 0.480 e. The van der Waals surface area contributed by atoms with Gasteiger partial charge in [0.1, 0.15) is 10.7 Å². The van der Waals surface area contributed by atoms with Crippen LogP contribution in [0.1, 0.15) is 5.69 Å². The quantitative estimate of drug-likeness (QED) is 0.609. The monoisotopic (exact) mass is 354 g/mol. The standard InChI is InChI=1S/C17H15ClN6O/c1-9-4-11(12-7-20-22-16(12)21-9)13-8-24(2)23-15(13)10-5-14(18)17(25-3)19-6-10/h4-8H,1-3H3,(H,20,21,22). The van der Waals surface area contributed by atoms with Crippen molar-refractivity contribution in [2.24, 2.45) is 7.05 Å². The van der Waals surface area contributed by atoms with Gasteiger partial charge in [-0.2, -0.15) is 10.2 Å². The number of hydrogen-bond acceptors (Lipinski definition) is 5. The summed E-state index contributed by atoms with van der Waals surface area (Å²) in [5.74, 6) is 0.389. The number of pyridine rings is 2. The molecule has 0 aliphatic carbocycles. The molecule has 7 nitrogen and oxygen atoms in total. The highest BCUT2D eigenvalue weighted by atomic mass is 35.5. The Morgan fingerprint density at radius 3 is 2.80 bits per heavy atom. The summed E-state index contributed by atoms with van der Waals surface area (Å²) < 4.78 is 6.90. The first kappa shape index (κ1) is 15.6. The summed E-state index contributed by atoms with van der Waals surface area (Å²) in [6, 6.07) is 3.83. The third-order valence-electron chi connectivity index (χ3n) is 3.94. The number of aryl methyl sites for hydroxylation is 2. The van der Waals surface area contributed by atoms with Crippen molar-refractivity contribution >= 4 is 22.6 Å². The summed E-state index contributed by atoms with van der Waals surface area (Å²) in [7, 11) is 3.42. The molecule has 0 aliphatic heterocycles. The Bertz CT molecular complexity index is 1080. The minimum absolute atomic E-state index is 0.389. The van der Waals surface area contributed by atoms with Gasteiger partial charge < -0.3 is 4.74 Å². The van der Waals surface area contributed by atoms with Crippen LogP contribution < -0.4 is 4.74 Å². The van der Waals surface area contributed by atoms with Crippen LogP contribution >= 0.6 is 11.6 Å². The fourth-order valence-electron chi connectivity index (χ4n) is 2.88. The highest BCUT2D eigenvalue weighted by Gasteiger charge is 2.18. The van der Waals surface area contributed by atoms with E-state index in [1.807, 2.05) is 26.2 Å². The first-order chi connectivity index (χ1) is 12.1. The van der Waals surface area contributed by atoms with Gasteiger partial charge in [0.2, 0.25) is 5.88 Å². The molecule has 0 spiro atoms. The number of aromatic amines is 1. The highest BCUT2D eigenvalue weighted by Crippen LogP contribution is 2.36. The number of nitrogens with one attached hydrogen (secondary N) is 1. The first-order valence-corrected chi connectivity index (χ1v) is 7.99. The van der Waals surface area contributed by atoms with E-state index in [0.29, 0.717) is 10.9 Å². The van der Waals surface area contributed by atoms with Gasteiger partial charge in [0.25, 0.3) is 0 Å². The van der Waals surface area contributed by atoms with Gasteiger partial charge in [-0.25, -0.2) is 9.97 Å². The molecule has 4 heterocycles. The SMILES string of the molecule is COc1ncc(-c2nn(C)cc2-c2cc(C)nc3[nH]ncc23)cc1Cl. The smallest absolute Gasteiger partial charge is 0.232 e.